The van der Waals surface area contributed by atoms with Gasteiger partial charge in [0.05, 0.1) is 12.7 Å². The number of ether oxygens (including phenoxy) is 3. The summed E-state index contributed by atoms with van der Waals surface area (Å²) in [6.07, 6.45) is 5.49. The Bertz CT molecular complexity index is 489. The lowest BCUT2D eigenvalue weighted by molar-refractivity contribution is 0.0886. The molecule has 0 spiro atoms. The van der Waals surface area contributed by atoms with Gasteiger partial charge >= 0.3 is 0 Å². The first-order valence-corrected chi connectivity index (χ1v) is 6.81. The number of benzene rings is 1. The van der Waals surface area contributed by atoms with Gasteiger partial charge in [-0.05, 0) is 18.9 Å². The summed E-state index contributed by atoms with van der Waals surface area (Å²) < 4.78 is 16.0. The third-order valence-corrected chi connectivity index (χ3v) is 3.94. The van der Waals surface area contributed by atoms with E-state index in [-0.39, 0.29) is 18.5 Å². The van der Waals surface area contributed by atoms with E-state index in [0.29, 0.717) is 22.8 Å². The molecule has 19 heavy (non-hydrogen) atoms. The number of hydrogen-bond acceptors (Lipinski definition) is 4. The fourth-order valence-electron chi connectivity index (χ4n) is 2.87. The molecule has 0 bridgehead atoms. The van der Waals surface area contributed by atoms with E-state index in [9.17, 15) is 4.79 Å². The van der Waals surface area contributed by atoms with Gasteiger partial charge in [0, 0.05) is 12.0 Å². The summed E-state index contributed by atoms with van der Waals surface area (Å²) in [5.41, 5.74) is 0.624. The van der Waals surface area contributed by atoms with E-state index >= 15 is 0 Å². The van der Waals surface area contributed by atoms with Gasteiger partial charge in [-0.3, -0.25) is 4.79 Å². The monoisotopic (exact) mass is 262 g/mol. The number of fused-ring (bicyclic) bond motifs is 1. The van der Waals surface area contributed by atoms with Crippen LogP contribution in [0, 0.1) is 5.92 Å². The van der Waals surface area contributed by atoms with Crippen molar-refractivity contribution in [3.8, 4) is 17.2 Å². The smallest absolute Gasteiger partial charge is 0.231 e. The maximum Gasteiger partial charge on any atom is 0.231 e. The molecule has 0 unspecified atom stereocenters. The topological polar surface area (TPSA) is 44.8 Å². The third kappa shape index (κ3) is 2.27. The molecular weight excluding hydrogens is 244 g/mol. The molecular formula is C15H18O4. The van der Waals surface area contributed by atoms with Gasteiger partial charge in [0.25, 0.3) is 0 Å². The van der Waals surface area contributed by atoms with Gasteiger partial charge in [-0.25, -0.2) is 0 Å². The van der Waals surface area contributed by atoms with Crippen LogP contribution in [-0.4, -0.2) is 19.7 Å². The highest BCUT2D eigenvalue weighted by atomic mass is 16.7. The van der Waals surface area contributed by atoms with Crippen LogP contribution in [-0.2, 0) is 0 Å². The van der Waals surface area contributed by atoms with E-state index in [1.165, 1.54) is 6.42 Å². The lowest BCUT2D eigenvalue weighted by atomic mass is 9.83. The average Bonchev–Trinajstić information content (AvgIpc) is 2.93. The Labute approximate surface area is 112 Å². The summed E-state index contributed by atoms with van der Waals surface area (Å²) in [7, 11) is 1.58. The second kappa shape index (κ2) is 5.11. The van der Waals surface area contributed by atoms with Crippen molar-refractivity contribution in [1.82, 2.24) is 0 Å². The summed E-state index contributed by atoms with van der Waals surface area (Å²) in [5.74, 6) is 2.18. The maximum atomic E-state index is 12.6. The largest absolute Gasteiger partial charge is 0.496 e. The molecule has 2 aliphatic rings. The van der Waals surface area contributed by atoms with Crippen LogP contribution in [0.15, 0.2) is 12.1 Å². The average molecular weight is 262 g/mol. The van der Waals surface area contributed by atoms with Gasteiger partial charge in [-0.15, -0.1) is 0 Å². The standard InChI is InChI=1S/C15H18O4/c1-17-12-8-14-13(18-9-19-14)7-11(12)15(16)10-5-3-2-4-6-10/h7-8,10H,2-6,9H2,1H3. The van der Waals surface area contributed by atoms with E-state index in [1.54, 1.807) is 19.2 Å². The van der Waals surface area contributed by atoms with E-state index in [1.807, 2.05) is 0 Å². The highest BCUT2D eigenvalue weighted by molar-refractivity contribution is 6.01. The van der Waals surface area contributed by atoms with Crippen LogP contribution >= 0.6 is 0 Å². The SMILES string of the molecule is COc1cc2c(cc1C(=O)C1CCCCC1)OCO2. The maximum absolute atomic E-state index is 12.6. The van der Waals surface area contributed by atoms with Crippen LogP contribution in [0.5, 0.6) is 17.2 Å². The minimum atomic E-state index is 0.128. The number of carbonyl (C=O) groups is 1. The Morgan fingerprint density at radius 1 is 1.16 bits per heavy atom. The number of carbonyl (C=O) groups excluding carboxylic acids is 1. The minimum Gasteiger partial charge on any atom is -0.496 e. The molecule has 3 rings (SSSR count). The van der Waals surface area contributed by atoms with Crippen molar-refractivity contribution >= 4 is 5.78 Å². The number of ketones is 1. The van der Waals surface area contributed by atoms with Crippen LogP contribution < -0.4 is 14.2 Å². The number of Topliss-reactive ketones (excluding diaryl/α,β-unsaturated/α-hetero) is 1. The van der Waals surface area contributed by atoms with Crippen molar-refractivity contribution in [1.29, 1.82) is 0 Å². The molecule has 1 aliphatic heterocycles. The third-order valence-electron chi connectivity index (χ3n) is 3.94. The summed E-state index contributed by atoms with van der Waals surface area (Å²) in [4.78, 5) is 12.6. The normalized spacial score (nSPS) is 18.4. The van der Waals surface area contributed by atoms with Crippen LogP contribution in [0.25, 0.3) is 0 Å². The van der Waals surface area contributed by atoms with Gasteiger partial charge in [-0.2, -0.15) is 0 Å². The summed E-state index contributed by atoms with van der Waals surface area (Å²) in [6, 6.07) is 3.51. The van der Waals surface area contributed by atoms with E-state index in [4.69, 9.17) is 14.2 Å². The minimum absolute atomic E-state index is 0.128. The van der Waals surface area contributed by atoms with Crippen molar-refractivity contribution < 1.29 is 19.0 Å². The molecule has 4 nitrogen and oxygen atoms in total. The van der Waals surface area contributed by atoms with E-state index < -0.39 is 0 Å². The first-order chi connectivity index (χ1) is 9.29. The van der Waals surface area contributed by atoms with Crippen LogP contribution in [0.3, 0.4) is 0 Å². The molecule has 0 saturated heterocycles. The van der Waals surface area contributed by atoms with E-state index in [0.717, 1.165) is 25.7 Å². The quantitative estimate of drug-likeness (QED) is 0.785. The van der Waals surface area contributed by atoms with Crippen LogP contribution in [0.4, 0.5) is 0 Å². The molecule has 0 radical (unpaired) electrons. The predicted octanol–water partition coefficient (Wildman–Crippen LogP) is 3.19. The summed E-state index contributed by atoms with van der Waals surface area (Å²) >= 11 is 0. The Morgan fingerprint density at radius 3 is 2.53 bits per heavy atom. The zero-order valence-corrected chi connectivity index (χ0v) is 11.1. The fraction of sp³-hybridized carbons (Fsp3) is 0.533. The molecule has 4 heteroatoms. The number of hydrogen-bond donors (Lipinski definition) is 0. The van der Waals surface area contributed by atoms with Gasteiger partial charge < -0.3 is 14.2 Å². The van der Waals surface area contributed by atoms with Crippen molar-refractivity contribution in [2.45, 2.75) is 32.1 Å². The van der Waals surface area contributed by atoms with Crippen molar-refractivity contribution in [2.24, 2.45) is 5.92 Å². The second-order valence-corrected chi connectivity index (χ2v) is 5.10. The molecule has 1 aliphatic carbocycles. The van der Waals surface area contributed by atoms with Crippen molar-refractivity contribution in [2.75, 3.05) is 13.9 Å². The molecule has 0 atom stereocenters. The first kappa shape index (κ1) is 12.3. The zero-order chi connectivity index (χ0) is 13.2. The molecule has 0 amide bonds. The Morgan fingerprint density at radius 2 is 1.84 bits per heavy atom. The summed E-state index contributed by atoms with van der Waals surface area (Å²) in [5, 5.41) is 0. The summed E-state index contributed by atoms with van der Waals surface area (Å²) in [6.45, 7) is 0.208. The molecule has 1 saturated carbocycles. The van der Waals surface area contributed by atoms with Gasteiger partial charge in [0.15, 0.2) is 17.3 Å². The van der Waals surface area contributed by atoms with E-state index in [2.05, 4.69) is 0 Å². The van der Waals surface area contributed by atoms with Gasteiger partial charge in [-0.1, -0.05) is 19.3 Å². The molecule has 0 aromatic heterocycles. The van der Waals surface area contributed by atoms with Crippen molar-refractivity contribution in [3.05, 3.63) is 17.7 Å². The Balaban J connectivity index is 1.92. The fourth-order valence-corrected chi connectivity index (χ4v) is 2.87. The van der Waals surface area contributed by atoms with Gasteiger partial charge in [0.1, 0.15) is 5.75 Å². The van der Waals surface area contributed by atoms with Crippen LogP contribution in [0.1, 0.15) is 42.5 Å². The Kier molecular flexibility index (Phi) is 3.32. The first-order valence-electron chi connectivity index (χ1n) is 6.81. The number of methoxy groups -OCH3 is 1. The predicted molar refractivity (Wildman–Crippen MR) is 70.0 cm³/mol. The molecule has 1 fully saturated rings. The highest BCUT2D eigenvalue weighted by Crippen LogP contribution is 2.40. The molecule has 1 heterocycles. The highest BCUT2D eigenvalue weighted by Gasteiger charge is 2.27. The molecule has 0 N–H and O–H groups in total. The zero-order valence-electron chi connectivity index (χ0n) is 11.1. The molecule has 102 valence electrons. The second-order valence-electron chi connectivity index (χ2n) is 5.10. The van der Waals surface area contributed by atoms with Crippen LogP contribution in [0.2, 0.25) is 0 Å². The molecule has 1 aromatic carbocycles. The van der Waals surface area contributed by atoms with Crippen molar-refractivity contribution in [3.63, 3.8) is 0 Å². The number of rotatable bonds is 3. The lowest BCUT2D eigenvalue weighted by Gasteiger charge is -2.21. The lowest BCUT2D eigenvalue weighted by Crippen LogP contribution is -2.18. The Hall–Kier alpha value is -1.71. The van der Waals surface area contributed by atoms with Gasteiger partial charge in [0.2, 0.25) is 6.79 Å². The molecule has 1 aromatic rings.